The average molecular weight is 373 g/mol. The fourth-order valence-electron chi connectivity index (χ4n) is 2.64. The van der Waals surface area contributed by atoms with Crippen molar-refractivity contribution in [3.05, 3.63) is 47.5 Å². The number of carbonyl (C=O) groups is 1. The van der Waals surface area contributed by atoms with E-state index < -0.39 is 0 Å². The maximum atomic E-state index is 12.7. The Balaban J connectivity index is 2.20. The highest BCUT2D eigenvalue weighted by Crippen LogP contribution is 2.31. The molecule has 0 unspecified atom stereocenters. The summed E-state index contributed by atoms with van der Waals surface area (Å²) in [6.45, 7) is 6.86. The van der Waals surface area contributed by atoms with E-state index in [1.807, 2.05) is 39.0 Å². The van der Waals surface area contributed by atoms with E-state index in [0.29, 0.717) is 41.8 Å². The summed E-state index contributed by atoms with van der Waals surface area (Å²) in [5, 5.41) is 2.99. The molecule has 0 aromatic heterocycles. The first-order valence-corrected chi connectivity index (χ1v) is 8.95. The zero-order chi connectivity index (χ0) is 19.8. The highest BCUT2D eigenvalue weighted by atomic mass is 16.5. The Bertz CT molecular complexity index is 753. The van der Waals surface area contributed by atoms with E-state index in [2.05, 4.69) is 5.32 Å². The summed E-state index contributed by atoms with van der Waals surface area (Å²) in [5.41, 5.74) is 1.39. The molecule has 0 heterocycles. The molecule has 2 aromatic rings. The van der Waals surface area contributed by atoms with Crippen LogP contribution in [0.4, 0.5) is 0 Å². The standard InChI is InChI=1S/C21H27NO5/c1-6-26-19-9-8-15(12-20(19)27-7-2)14(3)22-21(23)16-10-17(24-4)13-18(11-16)25-5/h8-14H,6-7H2,1-5H3,(H,22,23)/t14-/m1/s1. The van der Waals surface area contributed by atoms with E-state index in [1.165, 1.54) is 0 Å². The minimum Gasteiger partial charge on any atom is -0.497 e. The first-order chi connectivity index (χ1) is 13.0. The fourth-order valence-corrected chi connectivity index (χ4v) is 2.64. The minimum atomic E-state index is -0.218. The summed E-state index contributed by atoms with van der Waals surface area (Å²) < 4.78 is 21.7. The van der Waals surface area contributed by atoms with Gasteiger partial charge in [-0.3, -0.25) is 4.79 Å². The van der Waals surface area contributed by atoms with Crippen molar-refractivity contribution in [1.29, 1.82) is 0 Å². The molecule has 6 heteroatoms. The van der Waals surface area contributed by atoms with Crippen LogP contribution in [0.5, 0.6) is 23.0 Å². The number of rotatable bonds is 9. The smallest absolute Gasteiger partial charge is 0.252 e. The molecule has 1 amide bonds. The Labute approximate surface area is 160 Å². The molecular formula is C21H27NO5. The van der Waals surface area contributed by atoms with Crippen molar-refractivity contribution in [3.63, 3.8) is 0 Å². The topological polar surface area (TPSA) is 66.0 Å². The van der Waals surface area contributed by atoms with Crippen LogP contribution in [-0.2, 0) is 0 Å². The first-order valence-electron chi connectivity index (χ1n) is 8.95. The lowest BCUT2D eigenvalue weighted by atomic mass is 10.1. The molecule has 0 fully saturated rings. The van der Waals surface area contributed by atoms with Crippen molar-refractivity contribution < 1.29 is 23.7 Å². The lowest BCUT2D eigenvalue weighted by molar-refractivity contribution is 0.0939. The van der Waals surface area contributed by atoms with Crippen molar-refractivity contribution in [1.82, 2.24) is 5.32 Å². The van der Waals surface area contributed by atoms with Crippen molar-refractivity contribution in [3.8, 4) is 23.0 Å². The second kappa shape index (κ2) is 9.71. The number of methoxy groups -OCH3 is 2. The van der Waals surface area contributed by atoms with E-state index >= 15 is 0 Å². The number of benzene rings is 2. The summed E-state index contributed by atoms with van der Waals surface area (Å²) in [7, 11) is 3.10. The van der Waals surface area contributed by atoms with E-state index in [9.17, 15) is 4.79 Å². The fraction of sp³-hybridized carbons (Fsp3) is 0.381. The molecule has 0 bridgehead atoms. The number of ether oxygens (including phenoxy) is 4. The molecule has 0 saturated carbocycles. The van der Waals surface area contributed by atoms with Gasteiger partial charge in [-0.15, -0.1) is 0 Å². The molecule has 1 N–H and O–H groups in total. The molecule has 0 saturated heterocycles. The highest BCUT2D eigenvalue weighted by Gasteiger charge is 2.16. The lowest BCUT2D eigenvalue weighted by Gasteiger charge is -2.18. The maximum Gasteiger partial charge on any atom is 0.252 e. The van der Waals surface area contributed by atoms with Crippen molar-refractivity contribution in [2.45, 2.75) is 26.8 Å². The maximum absolute atomic E-state index is 12.7. The number of hydrogen-bond donors (Lipinski definition) is 1. The third kappa shape index (κ3) is 5.29. The van der Waals surface area contributed by atoms with Gasteiger partial charge < -0.3 is 24.3 Å². The molecule has 27 heavy (non-hydrogen) atoms. The molecular weight excluding hydrogens is 346 g/mol. The van der Waals surface area contributed by atoms with Gasteiger partial charge in [0.15, 0.2) is 11.5 Å². The van der Waals surface area contributed by atoms with Crippen molar-refractivity contribution in [2.24, 2.45) is 0 Å². The number of amides is 1. The Morgan fingerprint density at radius 2 is 1.52 bits per heavy atom. The van der Waals surface area contributed by atoms with Crippen molar-refractivity contribution >= 4 is 5.91 Å². The van der Waals surface area contributed by atoms with Crippen LogP contribution in [-0.4, -0.2) is 33.3 Å². The van der Waals surface area contributed by atoms with Crippen LogP contribution in [0.2, 0.25) is 0 Å². The molecule has 146 valence electrons. The van der Waals surface area contributed by atoms with E-state index in [0.717, 1.165) is 5.56 Å². The zero-order valence-electron chi connectivity index (χ0n) is 16.5. The van der Waals surface area contributed by atoms with Crippen LogP contribution >= 0.6 is 0 Å². The molecule has 0 aliphatic rings. The van der Waals surface area contributed by atoms with Gasteiger partial charge in [-0.2, -0.15) is 0 Å². The van der Waals surface area contributed by atoms with Crippen LogP contribution in [0.25, 0.3) is 0 Å². The SMILES string of the molecule is CCOc1ccc([C@@H](C)NC(=O)c2cc(OC)cc(OC)c2)cc1OCC. The molecule has 0 spiro atoms. The minimum absolute atomic E-state index is 0.216. The van der Waals surface area contributed by atoms with Crippen LogP contribution in [0.15, 0.2) is 36.4 Å². The molecule has 0 radical (unpaired) electrons. The largest absolute Gasteiger partial charge is 0.497 e. The second-order valence-electron chi connectivity index (χ2n) is 5.87. The van der Waals surface area contributed by atoms with Gasteiger partial charge in [-0.25, -0.2) is 0 Å². The van der Waals surface area contributed by atoms with Crippen LogP contribution in [0.3, 0.4) is 0 Å². The predicted molar refractivity (Wildman–Crippen MR) is 104 cm³/mol. The van der Waals surface area contributed by atoms with Crippen LogP contribution in [0, 0.1) is 0 Å². The van der Waals surface area contributed by atoms with Gasteiger partial charge in [0.2, 0.25) is 0 Å². The van der Waals surface area contributed by atoms with Gasteiger partial charge in [0, 0.05) is 11.6 Å². The Morgan fingerprint density at radius 1 is 0.926 bits per heavy atom. The monoisotopic (exact) mass is 373 g/mol. The third-order valence-corrected chi connectivity index (χ3v) is 4.03. The van der Waals surface area contributed by atoms with Gasteiger partial charge in [0.05, 0.1) is 33.5 Å². The van der Waals surface area contributed by atoms with Gasteiger partial charge in [0.25, 0.3) is 5.91 Å². The first kappa shape index (κ1) is 20.4. The normalized spacial score (nSPS) is 11.4. The van der Waals surface area contributed by atoms with Gasteiger partial charge in [0.1, 0.15) is 11.5 Å². The summed E-state index contributed by atoms with van der Waals surface area (Å²) >= 11 is 0. The van der Waals surface area contributed by atoms with E-state index in [1.54, 1.807) is 32.4 Å². The summed E-state index contributed by atoms with van der Waals surface area (Å²) in [6.07, 6.45) is 0. The molecule has 6 nitrogen and oxygen atoms in total. The number of carbonyl (C=O) groups excluding carboxylic acids is 1. The highest BCUT2D eigenvalue weighted by molar-refractivity contribution is 5.95. The third-order valence-electron chi connectivity index (χ3n) is 4.03. The lowest BCUT2D eigenvalue weighted by Crippen LogP contribution is -2.26. The van der Waals surface area contributed by atoms with E-state index in [4.69, 9.17) is 18.9 Å². The molecule has 1 atom stereocenters. The number of hydrogen-bond acceptors (Lipinski definition) is 5. The zero-order valence-corrected chi connectivity index (χ0v) is 16.5. The van der Waals surface area contributed by atoms with Crippen LogP contribution in [0.1, 0.15) is 42.7 Å². The van der Waals surface area contributed by atoms with Gasteiger partial charge >= 0.3 is 0 Å². The quantitative estimate of drug-likeness (QED) is 0.720. The van der Waals surface area contributed by atoms with Crippen molar-refractivity contribution in [2.75, 3.05) is 27.4 Å². The molecule has 2 rings (SSSR count). The number of nitrogens with one attached hydrogen (secondary N) is 1. The summed E-state index contributed by atoms with van der Waals surface area (Å²) in [6, 6.07) is 10.5. The molecule has 0 aliphatic heterocycles. The van der Waals surface area contributed by atoms with Crippen LogP contribution < -0.4 is 24.3 Å². The Kier molecular flexibility index (Phi) is 7.34. The van der Waals surface area contributed by atoms with Gasteiger partial charge in [-0.1, -0.05) is 6.07 Å². The molecule has 0 aliphatic carbocycles. The Morgan fingerprint density at radius 3 is 2.07 bits per heavy atom. The van der Waals surface area contributed by atoms with E-state index in [-0.39, 0.29) is 11.9 Å². The summed E-state index contributed by atoms with van der Waals surface area (Å²) in [4.78, 5) is 12.7. The van der Waals surface area contributed by atoms with Gasteiger partial charge in [-0.05, 0) is 50.6 Å². The summed E-state index contributed by atoms with van der Waals surface area (Å²) in [5.74, 6) is 2.27. The predicted octanol–water partition coefficient (Wildman–Crippen LogP) is 3.99. The molecule has 2 aromatic carbocycles. The average Bonchev–Trinajstić information content (AvgIpc) is 2.69. The second-order valence-corrected chi connectivity index (χ2v) is 5.87. The Hall–Kier alpha value is -2.89.